The minimum atomic E-state index is -0.0581. The summed E-state index contributed by atoms with van der Waals surface area (Å²) < 4.78 is 0. The van der Waals surface area contributed by atoms with E-state index >= 15 is 0 Å². The molecule has 0 aliphatic carbocycles. The van der Waals surface area contributed by atoms with Crippen LogP contribution in [0.15, 0.2) is 188 Å². The summed E-state index contributed by atoms with van der Waals surface area (Å²) in [7, 11) is 0. The van der Waals surface area contributed by atoms with Gasteiger partial charge in [-0.15, -0.1) is 0 Å². The first-order valence-electron chi connectivity index (χ1n) is 20.5. The van der Waals surface area contributed by atoms with Crippen LogP contribution in [0.2, 0.25) is 0 Å². The molecule has 0 saturated carbocycles. The standard InChI is InChI=1S/C56H36N4O2/c1-34-28-39(50-30-47(36-16-8-3-9-17-36)43-25-24-42-46(35-14-6-2-7-15-35)29-40(33-61)57-53(42)54(43)58-50)22-23-41(34)51-31-48(37-18-10-4-11-19-37)44-26-27-45-49(38-20-12-5-13-21-38)32-52(62)60-56(45)55(44)59-51/h2-33H,1H3,(H,60,62). The van der Waals surface area contributed by atoms with Crippen molar-refractivity contribution in [3.8, 4) is 72.9 Å². The lowest BCUT2D eigenvalue weighted by molar-refractivity contribution is 0.111. The second-order valence-electron chi connectivity index (χ2n) is 15.6. The first-order valence-corrected chi connectivity index (χ1v) is 20.5. The minimum absolute atomic E-state index is 0.0581. The Morgan fingerprint density at radius 1 is 0.371 bits per heavy atom. The largest absolute Gasteiger partial charge is 0.493 e. The topological polar surface area (TPSA) is 88.9 Å². The molecule has 7 aromatic carbocycles. The highest BCUT2D eigenvalue weighted by molar-refractivity contribution is 6.14. The molecule has 292 valence electrons. The molecule has 4 aromatic heterocycles. The second kappa shape index (κ2) is 15.0. The highest BCUT2D eigenvalue weighted by Gasteiger charge is 2.20. The Balaban J connectivity index is 1.12. The number of aromatic nitrogens is 4. The Morgan fingerprint density at radius 2 is 0.774 bits per heavy atom. The number of hydrogen-bond donors (Lipinski definition) is 1. The third kappa shape index (κ3) is 6.33. The fourth-order valence-corrected chi connectivity index (χ4v) is 8.84. The Labute approximate surface area is 357 Å². The molecule has 0 amide bonds. The molecule has 0 saturated heterocycles. The number of aldehydes is 1. The number of aryl methyl sites for hydroxylation is 1. The van der Waals surface area contributed by atoms with Gasteiger partial charge in [0.05, 0.1) is 27.9 Å². The van der Waals surface area contributed by atoms with E-state index in [9.17, 15) is 9.90 Å². The van der Waals surface area contributed by atoms with E-state index in [1.165, 1.54) is 0 Å². The van der Waals surface area contributed by atoms with Gasteiger partial charge in [0, 0.05) is 38.7 Å². The predicted octanol–water partition coefficient (Wildman–Crippen LogP) is 13.7. The van der Waals surface area contributed by atoms with Gasteiger partial charge in [-0.3, -0.25) is 4.79 Å². The summed E-state index contributed by atoms with van der Waals surface area (Å²) >= 11 is 0. The van der Waals surface area contributed by atoms with E-state index in [2.05, 4.69) is 97.9 Å². The average molecular weight is 797 g/mol. The van der Waals surface area contributed by atoms with Crippen molar-refractivity contribution in [2.24, 2.45) is 0 Å². The summed E-state index contributed by atoms with van der Waals surface area (Å²) in [5.41, 5.74) is 15.6. The normalized spacial score (nSPS) is 11.4. The first kappa shape index (κ1) is 36.7. The van der Waals surface area contributed by atoms with Gasteiger partial charge in [-0.2, -0.15) is 0 Å². The number of pyridine rings is 4. The van der Waals surface area contributed by atoms with Crippen LogP contribution in [0.1, 0.15) is 16.1 Å². The Kier molecular flexibility index (Phi) is 8.90. The third-order valence-electron chi connectivity index (χ3n) is 11.8. The molecule has 0 spiro atoms. The average Bonchev–Trinajstić information content (AvgIpc) is 3.33. The van der Waals surface area contributed by atoms with E-state index in [1.807, 2.05) is 91.0 Å². The first-order chi connectivity index (χ1) is 30.5. The van der Waals surface area contributed by atoms with E-state index in [0.717, 1.165) is 106 Å². The lowest BCUT2D eigenvalue weighted by Crippen LogP contribution is -1.97. The fraction of sp³-hybridized carbons (Fsp3) is 0.0179. The highest BCUT2D eigenvalue weighted by Crippen LogP contribution is 2.41. The molecule has 1 N–H and O–H groups in total. The van der Waals surface area contributed by atoms with Crippen LogP contribution in [0.4, 0.5) is 0 Å². The van der Waals surface area contributed by atoms with Crippen LogP contribution >= 0.6 is 0 Å². The summed E-state index contributed by atoms with van der Waals surface area (Å²) in [6, 6.07) is 63.5. The van der Waals surface area contributed by atoms with Crippen molar-refractivity contribution in [2.75, 3.05) is 0 Å². The van der Waals surface area contributed by atoms with Crippen molar-refractivity contribution in [3.05, 3.63) is 199 Å². The zero-order valence-electron chi connectivity index (χ0n) is 33.6. The summed E-state index contributed by atoms with van der Waals surface area (Å²) in [6.45, 7) is 2.10. The third-order valence-corrected chi connectivity index (χ3v) is 11.8. The summed E-state index contributed by atoms with van der Waals surface area (Å²) in [6.07, 6.45) is 0.808. The van der Waals surface area contributed by atoms with E-state index in [4.69, 9.17) is 19.9 Å². The number of benzene rings is 7. The number of rotatable bonds is 7. The van der Waals surface area contributed by atoms with Gasteiger partial charge in [-0.1, -0.05) is 158 Å². The maximum Gasteiger partial charge on any atom is 0.212 e. The Morgan fingerprint density at radius 3 is 1.24 bits per heavy atom. The van der Waals surface area contributed by atoms with Crippen molar-refractivity contribution in [1.82, 2.24) is 19.9 Å². The second-order valence-corrected chi connectivity index (χ2v) is 15.6. The molecular formula is C56H36N4O2. The fourth-order valence-electron chi connectivity index (χ4n) is 8.84. The molecule has 0 aliphatic heterocycles. The van der Waals surface area contributed by atoms with Crippen molar-refractivity contribution in [1.29, 1.82) is 0 Å². The van der Waals surface area contributed by atoms with Gasteiger partial charge in [-0.25, -0.2) is 19.9 Å². The molecule has 6 nitrogen and oxygen atoms in total. The number of fused-ring (bicyclic) bond motifs is 6. The van der Waals surface area contributed by atoms with Crippen LogP contribution in [0, 0.1) is 6.92 Å². The Bertz CT molecular complexity index is 3540. The number of carbonyl (C=O) groups excluding carboxylic acids is 1. The number of nitrogens with zero attached hydrogens (tertiary/aromatic N) is 4. The zero-order valence-corrected chi connectivity index (χ0v) is 33.6. The van der Waals surface area contributed by atoms with Crippen molar-refractivity contribution >= 4 is 49.9 Å². The molecule has 11 aromatic rings. The molecule has 0 radical (unpaired) electrons. The van der Waals surface area contributed by atoms with Gasteiger partial charge in [0.2, 0.25) is 5.88 Å². The van der Waals surface area contributed by atoms with Gasteiger partial charge in [0.25, 0.3) is 0 Å². The van der Waals surface area contributed by atoms with Crippen LogP contribution in [0.5, 0.6) is 5.88 Å². The SMILES string of the molecule is Cc1cc(-c2cc(-c3ccccc3)c3ccc4c(-c5ccccc5)cc(C=O)nc4c3n2)ccc1-c1cc(-c2ccccc2)c2ccc3c(-c4ccccc4)cc(O)nc3c2n1. The molecule has 0 bridgehead atoms. The van der Waals surface area contributed by atoms with E-state index in [0.29, 0.717) is 22.2 Å². The molecule has 0 unspecified atom stereocenters. The van der Waals surface area contributed by atoms with Crippen LogP contribution in [-0.4, -0.2) is 31.3 Å². The number of hydrogen-bond acceptors (Lipinski definition) is 6. The molecular weight excluding hydrogens is 761 g/mol. The minimum Gasteiger partial charge on any atom is -0.493 e. The van der Waals surface area contributed by atoms with Gasteiger partial charge >= 0.3 is 0 Å². The number of carbonyl (C=O) groups is 1. The monoisotopic (exact) mass is 796 g/mol. The Hall–Kier alpha value is -8.35. The van der Waals surface area contributed by atoms with E-state index < -0.39 is 0 Å². The van der Waals surface area contributed by atoms with Crippen LogP contribution in [0.3, 0.4) is 0 Å². The smallest absolute Gasteiger partial charge is 0.212 e. The van der Waals surface area contributed by atoms with E-state index in [1.54, 1.807) is 6.07 Å². The van der Waals surface area contributed by atoms with Crippen LogP contribution in [0.25, 0.3) is 111 Å². The molecule has 4 heterocycles. The molecule has 0 fully saturated rings. The van der Waals surface area contributed by atoms with Crippen LogP contribution < -0.4 is 0 Å². The van der Waals surface area contributed by atoms with Gasteiger partial charge in [0.1, 0.15) is 11.2 Å². The van der Waals surface area contributed by atoms with Crippen molar-refractivity contribution in [3.63, 3.8) is 0 Å². The molecule has 0 atom stereocenters. The molecule has 0 aliphatic rings. The lowest BCUT2D eigenvalue weighted by atomic mass is 9.92. The van der Waals surface area contributed by atoms with Crippen LogP contribution in [-0.2, 0) is 0 Å². The molecule has 62 heavy (non-hydrogen) atoms. The predicted molar refractivity (Wildman–Crippen MR) is 252 cm³/mol. The molecule has 6 heteroatoms. The van der Waals surface area contributed by atoms with Crippen molar-refractivity contribution in [2.45, 2.75) is 6.92 Å². The van der Waals surface area contributed by atoms with Crippen molar-refractivity contribution < 1.29 is 9.90 Å². The zero-order chi connectivity index (χ0) is 41.7. The summed E-state index contributed by atoms with van der Waals surface area (Å²) in [5.74, 6) is -0.0581. The lowest BCUT2D eigenvalue weighted by Gasteiger charge is -2.16. The molecule has 11 rings (SSSR count). The summed E-state index contributed by atoms with van der Waals surface area (Å²) in [5, 5.41) is 14.8. The maximum atomic E-state index is 12.4. The maximum absolute atomic E-state index is 12.4. The number of aromatic hydroxyl groups is 1. The van der Waals surface area contributed by atoms with Gasteiger partial charge < -0.3 is 5.11 Å². The van der Waals surface area contributed by atoms with E-state index in [-0.39, 0.29) is 5.88 Å². The quantitative estimate of drug-likeness (QED) is 0.128. The van der Waals surface area contributed by atoms with Gasteiger partial charge in [0.15, 0.2) is 6.29 Å². The van der Waals surface area contributed by atoms with Gasteiger partial charge in [-0.05, 0) is 81.3 Å². The summed E-state index contributed by atoms with van der Waals surface area (Å²) in [4.78, 5) is 32.7. The highest BCUT2D eigenvalue weighted by atomic mass is 16.3.